The molecule has 88 valence electrons. The molecule has 0 saturated heterocycles. The number of hydrogen-bond acceptors (Lipinski definition) is 3. The van der Waals surface area contributed by atoms with E-state index < -0.39 is 11.9 Å². The van der Waals surface area contributed by atoms with Crippen LogP contribution in [0, 0.1) is 5.92 Å². The maximum atomic E-state index is 11.7. The van der Waals surface area contributed by atoms with Crippen LogP contribution in [0.5, 0.6) is 0 Å². The fourth-order valence-corrected chi connectivity index (χ4v) is 1.90. The van der Waals surface area contributed by atoms with Gasteiger partial charge in [-0.15, -0.1) is 0 Å². The summed E-state index contributed by atoms with van der Waals surface area (Å²) in [5, 5.41) is 0.512. The summed E-state index contributed by atoms with van der Waals surface area (Å²) in [7, 11) is 0. The van der Waals surface area contributed by atoms with Crippen molar-refractivity contribution in [1.29, 1.82) is 0 Å². The van der Waals surface area contributed by atoms with E-state index in [1.54, 1.807) is 25.2 Å². The van der Waals surface area contributed by atoms with Crippen LogP contribution >= 0.6 is 11.6 Å². The van der Waals surface area contributed by atoms with Crippen LogP contribution in [-0.2, 0) is 14.3 Å². The van der Waals surface area contributed by atoms with Crippen molar-refractivity contribution >= 4 is 29.2 Å². The highest BCUT2D eigenvalue weighted by Crippen LogP contribution is 2.27. The molecule has 1 atom stereocenters. The van der Waals surface area contributed by atoms with E-state index in [0.29, 0.717) is 10.7 Å². The molecule has 2 aliphatic rings. The van der Waals surface area contributed by atoms with E-state index in [9.17, 15) is 9.59 Å². The molecular formula is C12H10ClNO3. The number of aliphatic imine (C=N–C) groups is 1. The van der Waals surface area contributed by atoms with Crippen LogP contribution in [0.1, 0.15) is 6.92 Å². The van der Waals surface area contributed by atoms with Crippen molar-refractivity contribution in [3.05, 3.63) is 34.9 Å². The third-order valence-corrected chi connectivity index (χ3v) is 2.67. The van der Waals surface area contributed by atoms with Gasteiger partial charge in [0.2, 0.25) is 0 Å². The molecule has 1 aliphatic carbocycles. The van der Waals surface area contributed by atoms with Crippen LogP contribution in [0.2, 0.25) is 0 Å². The van der Waals surface area contributed by atoms with Crippen molar-refractivity contribution in [3.63, 3.8) is 0 Å². The Hall–Kier alpha value is -1.68. The minimum atomic E-state index is -0.505. The van der Waals surface area contributed by atoms with Crippen molar-refractivity contribution in [2.75, 3.05) is 6.61 Å². The van der Waals surface area contributed by atoms with E-state index >= 15 is 0 Å². The van der Waals surface area contributed by atoms with Crippen molar-refractivity contribution < 1.29 is 14.3 Å². The Morgan fingerprint density at radius 1 is 1.53 bits per heavy atom. The Balaban J connectivity index is 2.36. The Labute approximate surface area is 103 Å². The molecule has 4 nitrogen and oxygen atoms in total. The van der Waals surface area contributed by atoms with Gasteiger partial charge in [-0.25, -0.2) is 9.79 Å². The lowest BCUT2D eigenvalue weighted by molar-refractivity contribution is -0.139. The number of fused-ring (bicyclic) bond motifs is 1. The first-order valence-corrected chi connectivity index (χ1v) is 5.56. The van der Waals surface area contributed by atoms with Gasteiger partial charge < -0.3 is 4.74 Å². The lowest BCUT2D eigenvalue weighted by atomic mass is 9.88. The Bertz CT molecular complexity index is 500. The predicted molar refractivity (Wildman–Crippen MR) is 63.7 cm³/mol. The number of nitrogens with zero attached hydrogens (tertiary/aromatic N) is 1. The van der Waals surface area contributed by atoms with Gasteiger partial charge in [-0.1, -0.05) is 17.7 Å². The van der Waals surface area contributed by atoms with Crippen molar-refractivity contribution in [3.8, 4) is 0 Å². The average molecular weight is 252 g/mol. The number of hydrogen-bond donors (Lipinski definition) is 0. The molecule has 1 unspecified atom stereocenters. The summed E-state index contributed by atoms with van der Waals surface area (Å²) < 4.78 is 4.90. The summed E-state index contributed by atoms with van der Waals surface area (Å²) in [6, 6.07) is 0. The smallest absolute Gasteiger partial charge is 0.335 e. The molecule has 0 aromatic heterocycles. The van der Waals surface area contributed by atoms with Crippen molar-refractivity contribution in [2.24, 2.45) is 10.9 Å². The summed E-state index contributed by atoms with van der Waals surface area (Å²) in [6.45, 7) is 1.97. The van der Waals surface area contributed by atoms with Crippen LogP contribution in [0.15, 0.2) is 39.9 Å². The molecule has 5 heteroatoms. The molecule has 0 N–H and O–H groups in total. The number of amides is 1. The number of ether oxygens (including phenoxy) is 1. The SMILES string of the molecule is CCOC(=O)C1=CC(=O)N=C2C=CC(Cl)=CC12. The van der Waals surface area contributed by atoms with E-state index in [1.165, 1.54) is 6.08 Å². The number of carbonyl (C=O) groups excluding carboxylic acids is 2. The zero-order valence-corrected chi connectivity index (χ0v) is 9.90. The predicted octanol–water partition coefficient (Wildman–Crippen LogP) is 1.77. The van der Waals surface area contributed by atoms with E-state index in [2.05, 4.69) is 4.99 Å². The second-order valence-corrected chi connectivity index (χ2v) is 3.99. The number of dihydropyridines is 1. The molecule has 0 aromatic rings. The average Bonchev–Trinajstić information content (AvgIpc) is 2.29. The molecular weight excluding hydrogens is 242 g/mol. The molecule has 2 rings (SSSR count). The molecule has 0 fully saturated rings. The summed E-state index contributed by atoms with van der Waals surface area (Å²) in [6.07, 6.45) is 6.15. The molecule has 0 bridgehead atoms. The maximum absolute atomic E-state index is 11.7. The highest BCUT2D eigenvalue weighted by Gasteiger charge is 2.30. The molecule has 1 amide bonds. The first-order chi connectivity index (χ1) is 8.11. The molecule has 0 aromatic carbocycles. The van der Waals surface area contributed by atoms with Crippen LogP contribution in [0.25, 0.3) is 0 Å². The normalized spacial score (nSPS) is 22.4. The second-order valence-electron chi connectivity index (χ2n) is 3.56. The van der Waals surface area contributed by atoms with Gasteiger partial charge in [0.15, 0.2) is 0 Å². The molecule has 1 aliphatic heterocycles. The zero-order valence-electron chi connectivity index (χ0n) is 9.14. The lowest BCUT2D eigenvalue weighted by Gasteiger charge is -2.21. The van der Waals surface area contributed by atoms with Gasteiger partial charge in [-0.2, -0.15) is 0 Å². The molecule has 0 saturated carbocycles. The summed E-state index contributed by atoms with van der Waals surface area (Å²) >= 11 is 5.88. The molecule has 0 spiro atoms. The minimum Gasteiger partial charge on any atom is -0.463 e. The third-order valence-electron chi connectivity index (χ3n) is 2.42. The Morgan fingerprint density at radius 2 is 2.29 bits per heavy atom. The molecule has 0 radical (unpaired) electrons. The first kappa shape index (κ1) is 11.8. The Morgan fingerprint density at radius 3 is 3.00 bits per heavy atom. The number of esters is 1. The van der Waals surface area contributed by atoms with Crippen LogP contribution in [0.3, 0.4) is 0 Å². The van der Waals surface area contributed by atoms with Gasteiger partial charge in [-0.05, 0) is 19.1 Å². The zero-order chi connectivity index (χ0) is 12.4. The third kappa shape index (κ3) is 2.36. The monoisotopic (exact) mass is 251 g/mol. The number of rotatable bonds is 2. The summed E-state index contributed by atoms with van der Waals surface area (Å²) in [5.41, 5.74) is 0.800. The van der Waals surface area contributed by atoms with E-state index in [4.69, 9.17) is 16.3 Å². The highest BCUT2D eigenvalue weighted by molar-refractivity contribution is 6.33. The lowest BCUT2D eigenvalue weighted by Crippen LogP contribution is -2.27. The van der Waals surface area contributed by atoms with E-state index in [-0.39, 0.29) is 18.1 Å². The van der Waals surface area contributed by atoms with Gasteiger partial charge in [0.1, 0.15) is 0 Å². The first-order valence-electron chi connectivity index (χ1n) is 5.18. The van der Waals surface area contributed by atoms with Gasteiger partial charge in [0.05, 0.1) is 23.8 Å². The standard InChI is InChI=1S/C12H10ClNO3/c1-2-17-12(16)9-6-11(15)14-10-4-3-7(13)5-8(9)10/h3-6,8H,2H2,1H3. The van der Waals surface area contributed by atoms with Crippen molar-refractivity contribution in [1.82, 2.24) is 0 Å². The Kier molecular flexibility index (Phi) is 3.24. The van der Waals surface area contributed by atoms with Crippen LogP contribution in [0.4, 0.5) is 0 Å². The molecule has 17 heavy (non-hydrogen) atoms. The van der Waals surface area contributed by atoms with Gasteiger partial charge in [0.25, 0.3) is 5.91 Å². The van der Waals surface area contributed by atoms with Gasteiger partial charge in [0, 0.05) is 11.1 Å². The van der Waals surface area contributed by atoms with Crippen LogP contribution in [-0.4, -0.2) is 24.2 Å². The highest BCUT2D eigenvalue weighted by atomic mass is 35.5. The van der Waals surface area contributed by atoms with Gasteiger partial charge in [-0.3, -0.25) is 4.79 Å². The summed E-state index contributed by atoms with van der Waals surface area (Å²) in [4.78, 5) is 26.9. The quantitative estimate of drug-likeness (QED) is 0.703. The number of allylic oxidation sites excluding steroid dienone is 4. The van der Waals surface area contributed by atoms with Gasteiger partial charge >= 0.3 is 5.97 Å². The number of carbonyl (C=O) groups is 2. The summed E-state index contributed by atoms with van der Waals surface area (Å²) in [5.74, 6) is -1.34. The minimum absolute atomic E-state index is 0.261. The van der Waals surface area contributed by atoms with Crippen LogP contribution < -0.4 is 0 Å². The fraction of sp³-hybridized carbons (Fsp3) is 0.250. The maximum Gasteiger partial charge on any atom is 0.335 e. The molecule has 1 heterocycles. The van der Waals surface area contributed by atoms with Crippen molar-refractivity contribution in [2.45, 2.75) is 6.92 Å². The van der Waals surface area contributed by atoms with E-state index in [1.807, 2.05) is 0 Å². The fourth-order valence-electron chi connectivity index (χ4n) is 1.71. The topological polar surface area (TPSA) is 55.7 Å². The van der Waals surface area contributed by atoms with E-state index in [0.717, 1.165) is 0 Å². The second kappa shape index (κ2) is 4.67. The largest absolute Gasteiger partial charge is 0.463 e. The number of halogens is 1.